The molecule has 1 aliphatic heterocycles. The van der Waals surface area contributed by atoms with Crippen LogP contribution in [0.5, 0.6) is 0 Å². The van der Waals surface area contributed by atoms with Gasteiger partial charge in [-0.05, 0) is 0 Å². The van der Waals surface area contributed by atoms with Crippen LogP contribution >= 0.6 is 0 Å². The standard InChI is InChI=1S/C8H16Se/c1-4-8-7(3)6(2)5-9-8/h6-8H,4-5H2,1-3H3/t6?,7-,8-/m0/s1. The third kappa shape index (κ3) is 1.50. The molecule has 54 valence electrons. The first-order valence-corrected chi connectivity index (χ1v) is 6.07. The van der Waals surface area contributed by atoms with Crippen LogP contribution in [0.25, 0.3) is 0 Å². The summed E-state index contributed by atoms with van der Waals surface area (Å²) in [6.07, 6.45) is 1.42. The summed E-state index contributed by atoms with van der Waals surface area (Å²) in [6.45, 7) is 7.16. The van der Waals surface area contributed by atoms with Crippen molar-refractivity contribution in [2.24, 2.45) is 11.8 Å². The molecule has 0 aromatic heterocycles. The van der Waals surface area contributed by atoms with Gasteiger partial charge >= 0.3 is 64.1 Å². The first kappa shape index (κ1) is 7.62. The zero-order valence-electron chi connectivity index (χ0n) is 6.55. The molecule has 0 spiro atoms. The molecule has 1 rings (SSSR count). The van der Waals surface area contributed by atoms with Gasteiger partial charge in [-0.25, -0.2) is 0 Å². The van der Waals surface area contributed by atoms with E-state index in [0.717, 1.165) is 31.6 Å². The minimum absolute atomic E-state index is 0.980. The first-order valence-electron chi connectivity index (χ1n) is 3.87. The van der Waals surface area contributed by atoms with E-state index in [0.29, 0.717) is 0 Å². The Morgan fingerprint density at radius 2 is 2.11 bits per heavy atom. The summed E-state index contributed by atoms with van der Waals surface area (Å²) >= 11 is 0.980. The molecule has 1 saturated heterocycles. The van der Waals surface area contributed by atoms with Gasteiger partial charge in [0.15, 0.2) is 0 Å². The zero-order valence-corrected chi connectivity index (χ0v) is 8.27. The van der Waals surface area contributed by atoms with Crippen LogP contribution in [-0.4, -0.2) is 15.0 Å². The molecule has 0 N–H and O–H groups in total. The monoisotopic (exact) mass is 192 g/mol. The summed E-state index contributed by atoms with van der Waals surface area (Å²) in [7, 11) is 0. The van der Waals surface area contributed by atoms with Gasteiger partial charge in [-0.3, -0.25) is 0 Å². The van der Waals surface area contributed by atoms with Crippen molar-refractivity contribution in [2.75, 3.05) is 0 Å². The second-order valence-corrected chi connectivity index (χ2v) is 5.79. The number of hydrogen-bond donors (Lipinski definition) is 0. The van der Waals surface area contributed by atoms with Gasteiger partial charge < -0.3 is 0 Å². The Morgan fingerprint density at radius 3 is 2.33 bits per heavy atom. The molecule has 0 aromatic carbocycles. The Balaban J connectivity index is 2.41. The van der Waals surface area contributed by atoms with Crippen LogP contribution in [0.1, 0.15) is 27.2 Å². The molecule has 0 radical (unpaired) electrons. The normalized spacial score (nSPS) is 43.7. The van der Waals surface area contributed by atoms with E-state index < -0.39 is 0 Å². The maximum atomic E-state index is 2.42. The molecule has 1 heterocycles. The molecule has 0 nitrogen and oxygen atoms in total. The Morgan fingerprint density at radius 1 is 1.44 bits per heavy atom. The van der Waals surface area contributed by atoms with E-state index in [-0.39, 0.29) is 0 Å². The molecule has 9 heavy (non-hydrogen) atoms. The van der Waals surface area contributed by atoms with Gasteiger partial charge in [0.05, 0.1) is 0 Å². The van der Waals surface area contributed by atoms with Crippen LogP contribution in [0.4, 0.5) is 0 Å². The average molecular weight is 191 g/mol. The molecular formula is C8H16Se. The summed E-state index contributed by atoms with van der Waals surface area (Å²) in [5.74, 6) is 2.05. The van der Waals surface area contributed by atoms with Gasteiger partial charge in [0.25, 0.3) is 0 Å². The predicted octanol–water partition coefficient (Wildman–Crippen LogP) is 2.59. The van der Waals surface area contributed by atoms with E-state index in [2.05, 4.69) is 20.8 Å². The average Bonchev–Trinajstić information content (AvgIpc) is 2.15. The maximum absolute atomic E-state index is 2.42. The van der Waals surface area contributed by atoms with Gasteiger partial charge in [-0.2, -0.15) is 0 Å². The van der Waals surface area contributed by atoms with Crippen molar-refractivity contribution in [3.63, 3.8) is 0 Å². The number of hydrogen-bond acceptors (Lipinski definition) is 0. The summed E-state index contributed by atoms with van der Waals surface area (Å²) in [6, 6.07) is 0. The fraction of sp³-hybridized carbons (Fsp3) is 1.00. The van der Waals surface area contributed by atoms with E-state index in [4.69, 9.17) is 0 Å². The zero-order chi connectivity index (χ0) is 6.85. The molecule has 0 aromatic rings. The van der Waals surface area contributed by atoms with Crippen LogP contribution in [0.15, 0.2) is 0 Å². The third-order valence-corrected chi connectivity index (χ3v) is 6.46. The molecule has 1 unspecified atom stereocenters. The van der Waals surface area contributed by atoms with Gasteiger partial charge in [0.2, 0.25) is 0 Å². The van der Waals surface area contributed by atoms with Gasteiger partial charge in [-0.15, -0.1) is 0 Å². The minimum atomic E-state index is 0.980. The number of rotatable bonds is 1. The van der Waals surface area contributed by atoms with E-state index in [9.17, 15) is 0 Å². The molecule has 1 aliphatic rings. The van der Waals surface area contributed by atoms with E-state index in [1.165, 1.54) is 11.7 Å². The molecule has 1 fully saturated rings. The Labute approximate surface area is 64.6 Å². The van der Waals surface area contributed by atoms with Crippen molar-refractivity contribution in [2.45, 2.75) is 37.3 Å². The Hall–Kier alpha value is 0.519. The van der Waals surface area contributed by atoms with Crippen molar-refractivity contribution in [1.82, 2.24) is 0 Å². The molecule has 0 bridgehead atoms. The van der Waals surface area contributed by atoms with Crippen LogP contribution in [0.2, 0.25) is 10.1 Å². The van der Waals surface area contributed by atoms with Crippen molar-refractivity contribution in [1.29, 1.82) is 0 Å². The second-order valence-electron chi connectivity index (χ2n) is 3.12. The first-order chi connectivity index (χ1) is 4.25. The summed E-state index contributed by atoms with van der Waals surface area (Å²) in [5, 5.41) is 1.53. The fourth-order valence-electron chi connectivity index (χ4n) is 1.44. The van der Waals surface area contributed by atoms with Crippen LogP contribution in [-0.2, 0) is 0 Å². The van der Waals surface area contributed by atoms with E-state index >= 15 is 0 Å². The van der Waals surface area contributed by atoms with Crippen LogP contribution < -0.4 is 0 Å². The molecule has 3 atom stereocenters. The van der Waals surface area contributed by atoms with Crippen molar-refractivity contribution < 1.29 is 0 Å². The summed E-state index contributed by atoms with van der Waals surface area (Å²) < 4.78 is 0. The van der Waals surface area contributed by atoms with Crippen molar-refractivity contribution >= 4 is 15.0 Å². The van der Waals surface area contributed by atoms with Crippen LogP contribution in [0.3, 0.4) is 0 Å². The topological polar surface area (TPSA) is 0 Å². The molecule has 0 amide bonds. The van der Waals surface area contributed by atoms with E-state index in [1.54, 1.807) is 0 Å². The quantitative estimate of drug-likeness (QED) is 0.559. The summed E-state index contributed by atoms with van der Waals surface area (Å²) in [5.41, 5.74) is 0. The van der Waals surface area contributed by atoms with Gasteiger partial charge in [0.1, 0.15) is 0 Å². The van der Waals surface area contributed by atoms with Gasteiger partial charge in [-0.1, -0.05) is 0 Å². The Kier molecular flexibility index (Phi) is 2.60. The SMILES string of the molecule is CC[C@@H]1[Se]CC(C)[C@@H]1C. The van der Waals surface area contributed by atoms with Gasteiger partial charge in [0, 0.05) is 0 Å². The van der Waals surface area contributed by atoms with Crippen LogP contribution in [0, 0.1) is 11.8 Å². The summed E-state index contributed by atoms with van der Waals surface area (Å²) in [4.78, 5) is 1.10. The molecule has 1 heteroatoms. The fourth-order valence-corrected chi connectivity index (χ4v) is 4.92. The molecule has 0 saturated carbocycles. The Bertz CT molecular complexity index is 90.6. The molecule has 0 aliphatic carbocycles. The van der Waals surface area contributed by atoms with Crippen molar-refractivity contribution in [3.05, 3.63) is 0 Å². The van der Waals surface area contributed by atoms with E-state index in [1.807, 2.05) is 0 Å². The van der Waals surface area contributed by atoms with Crippen molar-refractivity contribution in [3.8, 4) is 0 Å². The second kappa shape index (κ2) is 3.07. The predicted molar refractivity (Wildman–Crippen MR) is 42.9 cm³/mol. The molecular weight excluding hydrogens is 175 g/mol. The third-order valence-electron chi connectivity index (χ3n) is 2.46.